The van der Waals surface area contributed by atoms with Crippen LogP contribution in [0.15, 0.2) is 72.8 Å². The fourth-order valence-corrected chi connectivity index (χ4v) is 5.09. The highest BCUT2D eigenvalue weighted by molar-refractivity contribution is 6.09. The van der Waals surface area contributed by atoms with Gasteiger partial charge in [0, 0.05) is 11.3 Å². The van der Waals surface area contributed by atoms with Crippen LogP contribution in [0.1, 0.15) is 53.6 Å². The molecule has 0 unspecified atom stereocenters. The third-order valence-corrected chi connectivity index (χ3v) is 6.95. The number of anilines is 1. The van der Waals surface area contributed by atoms with E-state index in [0.29, 0.717) is 0 Å². The Balaban J connectivity index is 1.48. The number of carbonyl (C=O) groups excluding carboxylic acids is 1. The van der Waals surface area contributed by atoms with Gasteiger partial charge in [-0.05, 0) is 61.4 Å². The summed E-state index contributed by atoms with van der Waals surface area (Å²) >= 11 is 0. The third-order valence-electron chi connectivity index (χ3n) is 6.95. The zero-order valence-electron chi connectivity index (χ0n) is 19.6. The summed E-state index contributed by atoms with van der Waals surface area (Å²) < 4.78 is 1.04. The molecular weight excluding hydrogens is 392 g/mol. The van der Waals surface area contributed by atoms with E-state index < -0.39 is 0 Å². The fourth-order valence-electron chi connectivity index (χ4n) is 5.09. The van der Waals surface area contributed by atoms with Crippen LogP contribution in [0.2, 0.25) is 0 Å². The summed E-state index contributed by atoms with van der Waals surface area (Å²) in [6.07, 6.45) is 6.78. The SMILES string of the molecule is Cc1cccc(-c2ccccc2)c1C(=O)Nc1ccc(C[N+](C)(C)C2CCCCC2)cc1. The molecule has 0 atom stereocenters. The molecule has 166 valence electrons. The molecule has 1 aliphatic rings. The average molecular weight is 428 g/mol. The van der Waals surface area contributed by atoms with Gasteiger partial charge in [0.1, 0.15) is 6.54 Å². The van der Waals surface area contributed by atoms with Gasteiger partial charge in [0.05, 0.1) is 25.7 Å². The van der Waals surface area contributed by atoms with Crippen molar-refractivity contribution in [2.45, 2.75) is 51.6 Å². The Kier molecular flexibility index (Phi) is 6.76. The first-order valence-corrected chi connectivity index (χ1v) is 11.8. The van der Waals surface area contributed by atoms with Gasteiger partial charge in [0.15, 0.2) is 0 Å². The zero-order valence-corrected chi connectivity index (χ0v) is 19.6. The topological polar surface area (TPSA) is 29.1 Å². The van der Waals surface area contributed by atoms with Crippen LogP contribution in [0.25, 0.3) is 11.1 Å². The maximum absolute atomic E-state index is 13.2. The third kappa shape index (κ3) is 5.11. The quantitative estimate of drug-likeness (QED) is 0.430. The molecule has 1 aliphatic carbocycles. The molecule has 3 heteroatoms. The van der Waals surface area contributed by atoms with Gasteiger partial charge in [-0.25, -0.2) is 0 Å². The molecule has 1 saturated carbocycles. The van der Waals surface area contributed by atoms with Crippen molar-refractivity contribution >= 4 is 11.6 Å². The van der Waals surface area contributed by atoms with Gasteiger partial charge in [0.25, 0.3) is 5.91 Å². The number of hydrogen-bond acceptors (Lipinski definition) is 1. The summed E-state index contributed by atoms with van der Waals surface area (Å²) in [7, 11) is 4.71. The van der Waals surface area contributed by atoms with Gasteiger partial charge in [-0.15, -0.1) is 0 Å². The van der Waals surface area contributed by atoms with E-state index in [1.54, 1.807) is 0 Å². The highest BCUT2D eigenvalue weighted by atomic mass is 16.1. The Hall–Kier alpha value is -2.91. The normalized spacial score (nSPS) is 14.8. The molecule has 0 saturated heterocycles. The smallest absolute Gasteiger partial charge is 0.256 e. The van der Waals surface area contributed by atoms with Crippen LogP contribution in [-0.2, 0) is 6.54 Å². The van der Waals surface area contributed by atoms with Crippen molar-refractivity contribution in [2.75, 3.05) is 19.4 Å². The van der Waals surface area contributed by atoms with Gasteiger partial charge in [0.2, 0.25) is 0 Å². The summed E-state index contributed by atoms with van der Waals surface area (Å²) in [5.74, 6) is -0.0620. The lowest BCUT2D eigenvalue weighted by molar-refractivity contribution is -0.929. The average Bonchev–Trinajstić information content (AvgIpc) is 2.81. The minimum atomic E-state index is -0.0620. The van der Waals surface area contributed by atoms with Gasteiger partial charge in [-0.2, -0.15) is 0 Å². The van der Waals surface area contributed by atoms with Crippen LogP contribution in [0, 0.1) is 6.92 Å². The van der Waals surface area contributed by atoms with Gasteiger partial charge < -0.3 is 9.80 Å². The van der Waals surface area contributed by atoms with Crippen molar-refractivity contribution in [2.24, 2.45) is 0 Å². The second kappa shape index (κ2) is 9.70. The molecule has 0 heterocycles. The molecule has 0 radical (unpaired) electrons. The first-order valence-electron chi connectivity index (χ1n) is 11.8. The maximum Gasteiger partial charge on any atom is 0.256 e. The number of benzene rings is 3. The summed E-state index contributed by atoms with van der Waals surface area (Å²) in [5.41, 5.74) is 5.89. The molecule has 0 aliphatic heterocycles. The molecule has 0 spiro atoms. The minimum Gasteiger partial charge on any atom is -0.322 e. The fraction of sp³-hybridized carbons (Fsp3) is 0.345. The van der Waals surface area contributed by atoms with Crippen LogP contribution in [0.3, 0.4) is 0 Å². The number of quaternary nitrogens is 1. The summed E-state index contributed by atoms with van der Waals surface area (Å²) in [5, 5.41) is 3.12. The van der Waals surface area contributed by atoms with E-state index in [0.717, 1.165) is 45.0 Å². The van der Waals surface area contributed by atoms with E-state index in [1.165, 1.54) is 37.7 Å². The van der Waals surface area contributed by atoms with Gasteiger partial charge >= 0.3 is 0 Å². The monoisotopic (exact) mass is 427 g/mol. The summed E-state index contributed by atoms with van der Waals surface area (Å²) in [4.78, 5) is 13.2. The van der Waals surface area contributed by atoms with Crippen molar-refractivity contribution in [3.63, 3.8) is 0 Å². The van der Waals surface area contributed by atoms with Crippen molar-refractivity contribution in [1.82, 2.24) is 0 Å². The number of hydrogen-bond donors (Lipinski definition) is 1. The first-order chi connectivity index (χ1) is 15.4. The molecule has 1 fully saturated rings. The highest BCUT2D eigenvalue weighted by Gasteiger charge is 2.29. The number of amides is 1. The van der Waals surface area contributed by atoms with Gasteiger partial charge in [-0.3, -0.25) is 4.79 Å². The molecule has 4 rings (SSSR count). The van der Waals surface area contributed by atoms with E-state index in [2.05, 4.69) is 31.5 Å². The van der Waals surface area contributed by atoms with Crippen LogP contribution in [0.5, 0.6) is 0 Å². The molecule has 3 aromatic rings. The number of aryl methyl sites for hydroxylation is 1. The minimum absolute atomic E-state index is 0.0620. The second-order valence-electron chi connectivity index (χ2n) is 9.74. The number of nitrogens with zero attached hydrogens (tertiary/aromatic N) is 1. The molecule has 1 N–H and O–H groups in total. The van der Waals surface area contributed by atoms with Crippen LogP contribution in [0.4, 0.5) is 5.69 Å². The molecule has 32 heavy (non-hydrogen) atoms. The van der Waals surface area contributed by atoms with Crippen molar-refractivity contribution < 1.29 is 9.28 Å². The Morgan fingerprint density at radius 3 is 2.25 bits per heavy atom. The first kappa shape index (κ1) is 22.3. The Labute approximate surface area is 192 Å². The molecular formula is C29H35N2O+. The lowest BCUT2D eigenvalue weighted by Crippen LogP contribution is -2.48. The van der Waals surface area contributed by atoms with Crippen molar-refractivity contribution in [1.29, 1.82) is 0 Å². The molecule has 3 nitrogen and oxygen atoms in total. The summed E-state index contributed by atoms with van der Waals surface area (Å²) in [6, 6.07) is 25.3. The molecule has 1 amide bonds. The molecule has 0 aromatic heterocycles. The predicted octanol–water partition coefficient (Wildman–Crippen LogP) is 6.82. The van der Waals surface area contributed by atoms with E-state index in [9.17, 15) is 4.79 Å². The Morgan fingerprint density at radius 2 is 1.56 bits per heavy atom. The van der Waals surface area contributed by atoms with E-state index in [-0.39, 0.29) is 5.91 Å². The number of nitrogens with one attached hydrogen (secondary N) is 1. The highest BCUT2D eigenvalue weighted by Crippen LogP contribution is 2.29. The van der Waals surface area contributed by atoms with E-state index in [4.69, 9.17) is 0 Å². The largest absolute Gasteiger partial charge is 0.322 e. The van der Waals surface area contributed by atoms with E-state index in [1.807, 2.05) is 67.6 Å². The zero-order chi connectivity index (χ0) is 22.6. The Morgan fingerprint density at radius 1 is 0.875 bits per heavy atom. The predicted molar refractivity (Wildman–Crippen MR) is 134 cm³/mol. The standard InChI is InChI=1S/C29H34N2O/c1-22-11-10-16-27(24-12-6-4-7-13-24)28(22)29(32)30-25-19-17-23(18-20-25)21-31(2,3)26-14-8-5-9-15-26/h4,6-7,10-13,16-20,26H,5,8-9,14-15,21H2,1-3H3/p+1. The van der Waals surface area contributed by atoms with Gasteiger partial charge in [-0.1, -0.05) is 67.1 Å². The van der Waals surface area contributed by atoms with Crippen molar-refractivity contribution in [3.8, 4) is 11.1 Å². The maximum atomic E-state index is 13.2. The van der Waals surface area contributed by atoms with Crippen LogP contribution >= 0.6 is 0 Å². The number of rotatable bonds is 6. The van der Waals surface area contributed by atoms with E-state index >= 15 is 0 Å². The lowest BCUT2D eigenvalue weighted by atomic mass is 9.92. The Bertz CT molecular complexity index is 1050. The van der Waals surface area contributed by atoms with Crippen LogP contribution < -0.4 is 5.32 Å². The lowest BCUT2D eigenvalue weighted by Gasteiger charge is -2.40. The summed E-state index contributed by atoms with van der Waals surface area (Å²) in [6.45, 7) is 3.02. The molecule has 3 aromatic carbocycles. The van der Waals surface area contributed by atoms with Crippen molar-refractivity contribution in [3.05, 3.63) is 89.5 Å². The second-order valence-corrected chi connectivity index (χ2v) is 9.74. The van der Waals surface area contributed by atoms with Crippen LogP contribution in [-0.4, -0.2) is 30.5 Å². The number of carbonyl (C=O) groups is 1. The molecule has 0 bridgehead atoms.